The number of rotatable bonds is 4. The largest absolute Gasteiger partial charge is 0.443 e. The van der Waals surface area contributed by atoms with Gasteiger partial charge < -0.3 is 4.42 Å². The van der Waals surface area contributed by atoms with Crippen molar-refractivity contribution in [1.82, 2.24) is 10.3 Å². The highest BCUT2D eigenvalue weighted by atomic mass is 16.3. The van der Waals surface area contributed by atoms with Crippen LogP contribution in [0.2, 0.25) is 0 Å². The van der Waals surface area contributed by atoms with Crippen LogP contribution in [-0.4, -0.2) is 17.1 Å². The lowest BCUT2D eigenvalue weighted by Gasteiger charge is -2.29. The first-order chi connectivity index (χ1) is 8.84. The van der Waals surface area contributed by atoms with E-state index < -0.39 is 5.54 Å². The molecule has 19 heavy (non-hydrogen) atoms. The van der Waals surface area contributed by atoms with E-state index in [1.54, 1.807) is 0 Å². The van der Waals surface area contributed by atoms with Gasteiger partial charge in [0.15, 0.2) is 12.0 Å². The molecule has 2 rings (SSSR count). The van der Waals surface area contributed by atoms with Gasteiger partial charge in [0, 0.05) is 12.0 Å². The summed E-state index contributed by atoms with van der Waals surface area (Å²) in [5.74, 6) is 0. The third-order valence-electron chi connectivity index (χ3n) is 3.36. The molecule has 0 aliphatic carbocycles. The Morgan fingerprint density at radius 2 is 2.05 bits per heavy atom. The second kappa shape index (κ2) is 4.67. The van der Waals surface area contributed by atoms with E-state index in [9.17, 15) is 0 Å². The Kier molecular flexibility index (Phi) is 3.34. The van der Waals surface area contributed by atoms with Gasteiger partial charge in [0.1, 0.15) is 11.1 Å². The molecule has 0 saturated carbocycles. The molecule has 0 aliphatic heterocycles. The summed E-state index contributed by atoms with van der Waals surface area (Å²) in [5, 5.41) is 12.3. The second-order valence-corrected chi connectivity index (χ2v) is 6.01. The number of hydrogen-bond donors (Lipinski definition) is 1. The summed E-state index contributed by atoms with van der Waals surface area (Å²) in [6, 6.07) is 8.29. The van der Waals surface area contributed by atoms with E-state index in [2.05, 4.69) is 36.3 Å². The Labute approximate surface area is 113 Å². The van der Waals surface area contributed by atoms with Gasteiger partial charge in [0.05, 0.1) is 6.07 Å². The first-order valence-electron chi connectivity index (χ1n) is 6.34. The van der Waals surface area contributed by atoms with Crippen LogP contribution in [0.15, 0.2) is 29.0 Å². The molecule has 0 atom stereocenters. The van der Waals surface area contributed by atoms with Crippen molar-refractivity contribution < 1.29 is 4.42 Å². The first-order valence-corrected chi connectivity index (χ1v) is 6.34. The van der Waals surface area contributed by atoms with Gasteiger partial charge in [-0.15, -0.1) is 0 Å². The number of nitrogens with one attached hydrogen (secondary N) is 1. The van der Waals surface area contributed by atoms with Crippen LogP contribution < -0.4 is 5.32 Å². The lowest BCUT2D eigenvalue weighted by Crippen LogP contribution is -2.44. The lowest BCUT2D eigenvalue weighted by atomic mass is 9.84. The molecule has 0 spiro atoms. The molecule has 100 valence electrons. The van der Waals surface area contributed by atoms with Crippen LogP contribution in [0.1, 0.15) is 33.3 Å². The van der Waals surface area contributed by atoms with Gasteiger partial charge in [0.2, 0.25) is 0 Å². The molecular weight excluding hydrogens is 238 g/mol. The monoisotopic (exact) mass is 257 g/mol. The van der Waals surface area contributed by atoms with Crippen LogP contribution in [0.4, 0.5) is 0 Å². The van der Waals surface area contributed by atoms with Crippen LogP contribution in [0.5, 0.6) is 0 Å². The number of fused-ring (bicyclic) bond motifs is 1. The predicted octanol–water partition coefficient (Wildman–Crippen LogP) is 3.00. The molecule has 1 aromatic carbocycles. The zero-order valence-electron chi connectivity index (χ0n) is 11.8. The molecule has 4 nitrogen and oxygen atoms in total. The van der Waals surface area contributed by atoms with Crippen LogP contribution >= 0.6 is 0 Å². The summed E-state index contributed by atoms with van der Waals surface area (Å²) in [4.78, 5) is 4.12. The molecule has 0 radical (unpaired) electrons. The van der Waals surface area contributed by atoms with Crippen molar-refractivity contribution in [3.8, 4) is 6.07 Å². The fourth-order valence-corrected chi connectivity index (χ4v) is 1.86. The summed E-state index contributed by atoms with van der Waals surface area (Å²) < 4.78 is 5.34. The molecular formula is C15H19N3O. The van der Waals surface area contributed by atoms with E-state index in [-0.39, 0.29) is 5.41 Å². The highest BCUT2D eigenvalue weighted by molar-refractivity contribution is 5.73. The van der Waals surface area contributed by atoms with Gasteiger partial charge in [-0.2, -0.15) is 5.26 Å². The molecule has 1 heterocycles. The van der Waals surface area contributed by atoms with Crippen LogP contribution in [-0.2, 0) is 5.41 Å². The summed E-state index contributed by atoms with van der Waals surface area (Å²) >= 11 is 0. The van der Waals surface area contributed by atoms with Crippen molar-refractivity contribution in [2.75, 3.05) is 6.54 Å². The number of nitriles is 1. The standard InChI is InChI=1S/C15H19N3O/c1-14(2,9-18-15(3,4)8-16)11-5-6-12-13(7-11)19-10-17-12/h5-7,10,18H,9H2,1-4H3. The van der Waals surface area contributed by atoms with E-state index in [0.717, 1.165) is 16.7 Å². The Morgan fingerprint density at radius 3 is 2.74 bits per heavy atom. The zero-order valence-corrected chi connectivity index (χ0v) is 11.8. The maximum atomic E-state index is 9.04. The molecule has 0 fully saturated rings. The highest BCUT2D eigenvalue weighted by Crippen LogP contribution is 2.26. The van der Waals surface area contributed by atoms with Crippen LogP contribution in [0.3, 0.4) is 0 Å². The van der Waals surface area contributed by atoms with Crippen molar-refractivity contribution in [1.29, 1.82) is 5.26 Å². The Morgan fingerprint density at radius 1 is 1.32 bits per heavy atom. The van der Waals surface area contributed by atoms with Crippen LogP contribution in [0.25, 0.3) is 11.1 Å². The number of oxazole rings is 1. The lowest BCUT2D eigenvalue weighted by molar-refractivity contribution is 0.397. The molecule has 1 N–H and O–H groups in total. The molecule has 0 bridgehead atoms. The van der Waals surface area contributed by atoms with Gasteiger partial charge in [0.25, 0.3) is 0 Å². The average molecular weight is 257 g/mol. The Bertz CT molecular complexity index is 620. The van der Waals surface area contributed by atoms with E-state index in [4.69, 9.17) is 9.68 Å². The SMILES string of the molecule is CC(C)(C#N)NCC(C)(C)c1ccc2ncoc2c1. The smallest absolute Gasteiger partial charge is 0.181 e. The fourth-order valence-electron chi connectivity index (χ4n) is 1.86. The Balaban J connectivity index is 2.21. The van der Waals surface area contributed by atoms with Crippen molar-refractivity contribution in [2.45, 2.75) is 38.6 Å². The first kappa shape index (κ1) is 13.6. The van der Waals surface area contributed by atoms with E-state index in [1.165, 1.54) is 6.39 Å². The minimum atomic E-state index is -0.520. The normalized spacial score (nSPS) is 12.6. The molecule has 0 unspecified atom stereocenters. The second-order valence-electron chi connectivity index (χ2n) is 6.01. The number of benzene rings is 1. The predicted molar refractivity (Wildman–Crippen MR) is 74.7 cm³/mol. The number of nitrogens with zero attached hydrogens (tertiary/aromatic N) is 2. The van der Waals surface area contributed by atoms with E-state index in [1.807, 2.05) is 26.0 Å². The minimum Gasteiger partial charge on any atom is -0.443 e. The maximum absolute atomic E-state index is 9.04. The molecule has 4 heteroatoms. The number of hydrogen-bond acceptors (Lipinski definition) is 4. The van der Waals surface area contributed by atoms with Gasteiger partial charge in [-0.1, -0.05) is 19.9 Å². The minimum absolute atomic E-state index is 0.0882. The topological polar surface area (TPSA) is 61.9 Å². The molecule has 0 aliphatic rings. The fraction of sp³-hybridized carbons (Fsp3) is 0.467. The number of aromatic nitrogens is 1. The molecule has 0 amide bonds. The van der Waals surface area contributed by atoms with Gasteiger partial charge in [-0.3, -0.25) is 5.32 Å². The zero-order chi connectivity index (χ0) is 14.1. The van der Waals surface area contributed by atoms with Crippen molar-refractivity contribution in [2.24, 2.45) is 0 Å². The van der Waals surface area contributed by atoms with E-state index in [0.29, 0.717) is 6.54 Å². The third kappa shape index (κ3) is 2.94. The van der Waals surface area contributed by atoms with Gasteiger partial charge >= 0.3 is 0 Å². The highest BCUT2D eigenvalue weighted by Gasteiger charge is 2.25. The van der Waals surface area contributed by atoms with Gasteiger partial charge in [-0.05, 0) is 31.5 Å². The van der Waals surface area contributed by atoms with Crippen molar-refractivity contribution in [3.63, 3.8) is 0 Å². The summed E-state index contributed by atoms with van der Waals surface area (Å²) in [6.07, 6.45) is 1.46. The summed E-state index contributed by atoms with van der Waals surface area (Å²) in [7, 11) is 0. The maximum Gasteiger partial charge on any atom is 0.181 e. The van der Waals surface area contributed by atoms with E-state index >= 15 is 0 Å². The molecule has 2 aromatic rings. The van der Waals surface area contributed by atoms with Crippen molar-refractivity contribution >= 4 is 11.1 Å². The van der Waals surface area contributed by atoms with Crippen molar-refractivity contribution in [3.05, 3.63) is 30.2 Å². The summed E-state index contributed by atoms with van der Waals surface area (Å²) in [5.41, 5.74) is 2.22. The van der Waals surface area contributed by atoms with Gasteiger partial charge in [-0.25, -0.2) is 4.98 Å². The Hall–Kier alpha value is -1.86. The summed E-state index contributed by atoms with van der Waals surface area (Å²) in [6.45, 7) is 8.76. The third-order valence-corrected chi connectivity index (χ3v) is 3.36. The quantitative estimate of drug-likeness (QED) is 0.914. The molecule has 1 aromatic heterocycles. The molecule has 0 saturated heterocycles. The van der Waals surface area contributed by atoms with Crippen LogP contribution in [0, 0.1) is 11.3 Å². The average Bonchev–Trinajstić information content (AvgIpc) is 2.84.